The highest BCUT2D eigenvalue weighted by molar-refractivity contribution is 7.85. The summed E-state index contributed by atoms with van der Waals surface area (Å²) in [5, 5.41) is 0.277. The van der Waals surface area contributed by atoms with Crippen LogP contribution in [0.1, 0.15) is 93.9 Å². The molecule has 2 saturated carbocycles. The molecule has 3 rings (SSSR count). The number of ether oxygens (including phenoxy) is 1. The highest BCUT2D eigenvalue weighted by atomic mass is 32.2. The van der Waals surface area contributed by atoms with Gasteiger partial charge >= 0.3 is 0 Å². The van der Waals surface area contributed by atoms with Gasteiger partial charge in [-0.1, -0.05) is 86.8 Å². The van der Waals surface area contributed by atoms with Crippen molar-refractivity contribution in [3.63, 3.8) is 0 Å². The zero-order valence-electron chi connectivity index (χ0n) is 28.5. The van der Waals surface area contributed by atoms with Crippen molar-refractivity contribution >= 4 is 26.8 Å². The van der Waals surface area contributed by atoms with E-state index in [2.05, 4.69) is 93.7 Å². The van der Waals surface area contributed by atoms with Crippen molar-refractivity contribution in [3.05, 3.63) is 12.2 Å². The van der Waals surface area contributed by atoms with Gasteiger partial charge in [-0.3, -0.25) is 4.18 Å². The van der Waals surface area contributed by atoms with Gasteiger partial charge in [-0.15, -0.1) is 0 Å². The van der Waals surface area contributed by atoms with Crippen molar-refractivity contribution in [3.8, 4) is 0 Å². The normalized spacial score (nSPS) is 32.3. The first-order valence-corrected chi connectivity index (χ1v) is 23.7. The first-order valence-electron chi connectivity index (χ1n) is 16.1. The second-order valence-electron chi connectivity index (χ2n) is 16.6. The standard InChI is InChI=1S/C32H62O6SSi2/c1-14-15-16-23(2)19-24(37-40(10,11)30(3,4)5)17-18-25-27-21-32(22-35-39(9,33)34)29(36-32)26(27)20-28(25)38-41(12,13)31(6,7)8/h17-18,23-29H,14-16,19-22H2,1-13H3/b18-17+/t23-,24+,25-,26-,27+,28+,29?,32?/m0/s1. The predicted molar refractivity (Wildman–Crippen MR) is 175 cm³/mol. The molecule has 1 saturated heterocycles. The number of rotatable bonds is 14. The van der Waals surface area contributed by atoms with Crippen LogP contribution >= 0.6 is 0 Å². The maximum atomic E-state index is 11.8. The van der Waals surface area contributed by atoms with Crippen molar-refractivity contribution < 1.29 is 26.2 Å². The van der Waals surface area contributed by atoms with Crippen molar-refractivity contribution in [2.75, 3.05) is 12.9 Å². The van der Waals surface area contributed by atoms with Crippen molar-refractivity contribution in [2.24, 2.45) is 23.7 Å². The molecule has 2 aliphatic carbocycles. The van der Waals surface area contributed by atoms with Gasteiger partial charge in [0.1, 0.15) is 5.60 Å². The van der Waals surface area contributed by atoms with Crippen LogP contribution in [0.15, 0.2) is 12.2 Å². The van der Waals surface area contributed by atoms with Crippen LogP contribution in [0.4, 0.5) is 0 Å². The molecule has 3 aliphatic rings. The van der Waals surface area contributed by atoms with E-state index in [9.17, 15) is 8.42 Å². The lowest BCUT2D eigenvalue weighted by Crippen LogP contribution is -2.45. The highest BCUT2D eigenvalue weighted by Gasteiger charge is 2.71. The second kappa shape index (κ2) is 12.4. The molecule has 1 aliphatic heterocycles. The molecule has 41 heavy (non-hydrogen) atoms. The molecule has 2 unspecified atom stereocenters. The van der Waals surface area contributed by atoms with Gasteiger partial charge in [0, 0.05) is 5.92 Å². The largest absolute Gasteiger partial charge is 0.413 e. The summed E-state index contributed by atoms with van der Waals surface area (Å²) in [5.41, 5.74) is -0.460. The van der Waals surface area contributed by atoms with E-state index in [4.69, 9.17) is 17.8 Å². The fraction of sp³-hybridized carbons (Fsp3) is 0.938. The molecule has 8 atom stereocenters. The molecule has 0 spiro atoms. The fourth-order valence-electron chi connectivity index (χ4n) is 6.43. The molecular formula is C32H62O6SSi2. The van der Waals surface area contributed by atoms with E-state index in [0.29, 0.717) is 17.8 Å². The van der Waals surface area contributed by atoms with Crippen LogP contribution in [0.3, 0.4) is 0 Å². The fourth-order valence-corrected chi connectivity index (χ4v) is 9.49. The summed E-state index contributed by atoms with van der Waals surface area (Å²) in [7, 11) is -7.46. The van der Waals surface area contributed by atoms with Gasteiger partial charge in [-0.05, 0) is 73.3 Å². The van der Waals surface area contributed by atoms with E-state index in [0.717, 1.165) is 25.5 Å². The maximum Gasteiger partial charge on any atom is 0.264 e. The smallest absolute Gasteiger partial charge is 0.264 e. The third kappa shape index (κ3) is 8.57. The van der Waals surface area contributed by atoms with Gasteiger partial charge in [0.2, 0.25) is 0 Å². The van der Waals surface area contributed by atoms with Gasteiger partial charge in [-0.25, -0.2) is 0 Å². The van der Waals surface area contributed by atoms with E-state index in [1.807, 2.05) is 0 Å². The van der Waals surface area contributed by atoms with Gasteiger partial charge in [0.15, 0.2) is 16.6 Å². The average molecular weight is 631 g/mol. The Morgan fingerprint density at radius 3 is 2.17 bits per heavy atom. The zero-order chi connectivity index (χ0) is 31.2. The van der Waals surface area contributed by atoms with E-state index in [1.165, 1.54) is 19.3 Å². The molecule has 0 amide bonds. The number of unbranched alkanes of at least 4 members (excludes halogenated alkanes) is 1. The monoisotopic (exact) mass is 630 g/mol. The first kappa shape index (κ1) is 35.4. The van der Waals surface area contributed by atoms with Crippen molar-refractivity contribution in [1.82, 2.24) is 0 Å². The Balaban J connectivity index is 1.88. The van der Waals surface area contributed by atoms with Crippen molar-refractivity contribution in [1.29, 1.82) is 0 Å². The molecule has 1 heterocycles. The molecule has 240 valence electrons. The summed E-state index contributed by atoms with van der Waals surface area (Å²) in [5.74, 6) is 1.63. The quantitative estimate of drug-likeness (QED) is 0.0832. The topological polar surface area (TPSA) is 74.4 Å². The van der Waals surface area contributed by atoms with E-state index < -0.39 is 32.4 Å². The average Bonchev–Trinajstić information content (AvgIpc) is 3.28. The molecule has 0 aromatic heterocycles. The van der Waals surface area contributed by atoms with Gasteiger partial charge in [-0.2, -0.15) is 8.42 Å². The lowest BCUT2D eigenvalue weighted by Gasteiger charge is -2.40. The van der Waals surface area contributed by atoms with Crippen molar-refractivity contribution in [2.45, 2.75) is 154 Å². The van der Waals surface area contributed by atoms with Crippen LogP contribution in [0.25, 0.3) is 0 Å². The first-order chi connectivity index (χ1) is 18.5. The van der Waals surface area contributed by atoms with Crippen LogP contribution in [0.2, 0.25) is 36.3 Å². The molecular weight excluding hydrogens is 569 g/mol. The molecule has 6 nitrogen and oxygen atoms in total. The van der Waals surface area contributed by atoms with Crippen LogP contribution in [-0.4, -0.2) is 61.8 Å². The summed E-state index contributed by atoms with van der Waals surface area (Å²) >= 11 is 0. The van der Waals surface area contributed by atoms with Crippen LogP contribution in [0.5, 0.6) is 0 Å². The second-order valence-corrected chi connectivity index (χ2v) is 27.8. The predicted octanol–water partition coefficient (Wildman–Crippen LogP) is 8.31. The van der Waals surface area contributed by atoms with Gasteiger partial charge in [0.05, 0.1) is 31.2 Å². The molecule has 0 N–H and O–H groups in total. The molecule has 0 radical (unpaired) electrons. The lowest BCUT2D eigenvalue weighted by molar-refractivity contribution is 0.118. The SMILES string of the molecule is CCCC[C@H](C)C[C@@H](/C=C/[C@H]1[C@H]2CC3(COS(C)(=O)=O)OC3[C@H]2C[C@H]1O[Si](C)(C)C(C)(C)C)O[Si](C)(C)C(C)(C)C. The summed E-state index contributed by atoms with van der Waals surface area (Å²) in [6.45, 7) is 28.0. The Morgan fingerprint density at radius 1 is 1.02 bits per heavy atom. The minimum Gasteiger partial charge on any atom is -0.413 e. The molecule has 0 bridgehead atoms. The summed E-state index contributed by atoms with van der Waals surface area (Å²) in [6.07, 6.45) is 12.8. The van der Waals surface area contributed by atoms with Crippen LogP contribution < -0.4 is 0 Å². The van der Waals surface area contributed by atoms with E-state index in [1.54, 1.807) is 0 Å². The Kier molecular flexibility index (Phi) is 10.7. The minimum atomic E-state index is -3.51. The summed E-state index contributed by atoms with van der Waals surface area (Å²) < 4.78 is 49.1. The Morgan fingerprint density at radius 2 is 1.63 bits per heavy atom. The third-order valence-electron chi connectivity index (χ3n) is 11.0. The zero-order valence-corrected chi connectivity index (χ0v) is 31.3. The number of epoxide rings is 1. The molecule has 0 aromatic carbocycles. The van der Waals surface area contributed by atoms with Gasteiger partial charge in [0.25, 0.3) is 10.1 Å². The van der Waals surface area contributed by atoms with Crippen LogP contribution in [0, 0.1) is 23.7 Å². The van der Waals surface area contributed by atoms with E-state index >= 15 is 0 Å². The number of hydrogen-bond donors (Lipinski definition) is 0. The number of fused-ring (bicyclic) bond motifs is 3. The lowest BCUT2D eigenvalue weighted by atomic mass is 9.88. The minimum absolute atomic E-state index is 0.0616. The Hall–Kier alpha value is -0.0362. The summed E-state index contributed by atoms with van der Waals surface area (Å²) in [4.78, 5) is 0. The number of hydrogen-bond acceptors (Lipinski definition) is 6. The summed E-state index contributed by atoms with van der Waals surface area (Å²) in [6, 6.07) is 0. The van der Waals surface area contributed by atoms with Crippen LogP contribution in [-0.2, 0) is 27.9 Å². The Bertz CT molecular complexity index is 1030. The van der Waals surface area contributed by atoms with Gasteiger partial charge < -0.3 is 13.6 Å². The molecule has 3 fully saturated rings. The maximum absolute atomic E-state index is 11.8. The molecule has 9 heteroatoms. The highest BCUT2D eigenvalue weighted by Crippen LogP contribution is 2.64. The molecule has 0 aromatic rings. The third-order valence-corrected chi connectivity index (χ3v) is 20.6. The Labute approximate surface area is 255 Å². The van der Waals surface area contributed by atoms with E-state index in [-0.39, 0.29) is 40.9 Å².